The Kier molecular flexibility index (Phi) is 2.11. The van der Waals surface area contributed by atoms with Crippen molar-refractivity contribution in [3.63, 3.8) is 0 Å². The van der Waals surface area contributed by atoms with E-state index in [2.05, 4.69) is 18.2 Å². The Bertz CT molecular complexity index is 616. The van der Waals surface area contributed by atoms with Gasteiger partial charge in [-0.25, -0.2) is 0 Å². The van der Waals surface area contributed by atoms with Gasteiger partial charge in [0.05, 0.1) is 4.88 Å². The van der Waals surface area contributed by atoms with E-state index < -0.39 is 0 Å². The summed E-state index contributed by atoms with van der Waals surface area (Å²) in [5, 5.41) is 1.20. The summed E-state index contributed by atoms with van der Waals surface area (Å²) in [4.78, 5) is 11.6. The van der Waals surface area contributed by atoms with E-state index in [-0.39, 0.29) is 0 Å². The number of rotatable bonds is 2. The lowest BCUT2D eigenvalue weighted by molar-refractivity contribution is 0.110. The van der Waals surface area contributed by atoms with Crippen molar-refractivity contribution < 1.29 is 9.21 Å². The highest BCUT2D eigenvalue weighted by atomic mass is 32.1. The molecule has 2 nitrogen and oxygen atoms in total. The van der Waals surface area contributed by atoms with Crippen molar-refractivity contribution in [1.29, 1.82) is 0 Å². The number of benzene rings is 1. The molecule has 78 valence electrons. The van der Waals surface area contributed by atoms with Crippen LogP contribution in [0.5, 0.6) is 0 Å². The van der Waals surface area contributed by atoms with Crippen molar-refractivity contribution in [2.75, 3.05) is 0 Å². The lowest BCUT2D eigenvalue weighted by Gasteiger charge is -1.87. The first-order valence-corrected chi connectivity index (χ1v) is 5.72. The third-order valence-corrected chi connectivity index (χ3v) is 3.54. The van der Waals surface area contributed by atoms with Gasteiger partial charge in [-0.1, -0.05) is 18.2 Å². The van der Waals surface area contributed by atoms with Crippen LogP contribution in [-0.2, 0) is 0 Å². The Hall–Kier alpha value is -1.87. The Labute approximate surface area is 96.1 Å². The quantitative estimate of drug-likeness (QED) is 0.621. The van der Waals surface area contributed by atoms with Crippen molar-refractivity contribution in [1.82, 2.24) is 0 Å². The maximum atomic E-state index is 10.5. The van der Waals surface area contributed by atoms with Gasteiger partial charge in [-0.3, -0.25) is 4.79 Å². The molecule has 0 saturated carbocycles. The molecule has 0 fully saturated rings. The molecule has 0 aliphatic carbocycles. The fraction of sp³-hybridized carbons (Fsp3) is 0. The molecular formula is C13H8O2S. The van der Waals surface area contributed by atoms with Crippen LogP contribution in [0.3, 0.4) is 0 Å². The predicted octanol–water partition coefficient (Wildman–Crippen LogP) is 3.97. The van der Waals surface area contributed by atoms with E-state index in [0.717, 1.165) is 16.9 Å². The summed E-state index contributed by atoms with van der Waals surface area (Å²) in [6, 6.07) is 13.8. The maximum absolute atomic E-state index is 10.5. The van der Waals surface area contributed by atoms with Crippen molar-refractivity contribution in [3.8, 4) is 10.6 Å². The smallest absolute Gasteiger partial charge is 0.185 e. The molecule has 0 saturated heterocycles. The fourth-order valence-corrected chi connectivity index (χ4v) is 2.68. The Morgan fingerprint density at radius 1 is 1.12 bits per heavy atom. The van der Waals surface area contributed by atoms with Crippen LogP contribution in [0.25, 0.3) is 20.7 Å². The second-order valence-electron chi connectivity index (χ2n) is 3.47. The van der Waals surface area contributed by atoms with Crippen molar-refractivity contribution in [2.45, 2.75) is 0 Å². The van der Waals surface area contributed by atoms with Crippen LogP contribution in [0.4, 0.5) is 0 Å². The van der Waals surface area contributed by atoms with Crippen LogP contribution in [0, 0.1) is 0 Å². The number of aldehydes is 1. The normalized spacial score (nSPS) is 10.8. The van der Waals surface area contributed by atoms with Crippen molar-refractivity contribution in [2.24, 2.45) is 0 Å². The average Bonchev–Trinajstić information content (AvgIpc) is 2.95. The molecule has 1 aromatic carbocycles. The van der Waals surface area contributed by atoms with E-state index in [1.54, 1.807) is 17.4 Å². The highest BCUT2D eigenvalue weighted by molar-refractivity contribution is 7.22. The number of thiophene rings is 1. The van der Waals surface area contributed by atoms with Gasteiger partial charge >= 0.3 is 0 Å². The lowest BCUT2D eigenvalue weighted by atomic mass is 10.2. The molecule has 0 amide bonds. The molecule has 0 spiro atoms. The molecule has 2 heterocycles. The summed E-state index contributed by atoms with van der Waals surface area (Å²) in [5.41, 5.74) is 0. The van der Waals surface area contributed by atoms with Crippen LogP contribution in [0.15, 0.2) is 46.9 Å². The Balaban J connectivity index is 2.14. The van der Waals surface area contributed by atoms with Gasteiger partial charge in [-0.15, -0.1) is 11.3 Å². The molecule has 2 aromatic heterocycles. The van der Waals surface area contributed by atoms with Gasteiger partial charge in [0, 0.05) is 4.70 Å². The first-order valence-electron chi connectivity index (χ1n) is 4.91. The van der Waals surface area contributed by atoms with E-state index in [9.17, 15) is 4.79 Å². The van der Waals surface area contributed by atoms with Crippen LogP contribution in [-0.4, -0.2) is 6.29 Å². The largest absolute Gasteiger partial charge is 0.452 e. The standard InChI is InChI=1S/C13H8O2S/c14-8-10-5-6-11(15-10)13-7-9-3-1-2-4-12(9)16-13/h1-8H. The van der Waals surface area contributed by atoms with E-state index in [4.69, 9.17) is 4.42 Å². The SMILES string of the molecule is O=Cc1ccc(-c2cc3ccccc3s2)o1. The number of fused-ring (bicyclic) bond motifs is 1. The summed E-state index contributed by atoms with van der Waals surface area (Å²) < 4.78 is 6.61. The van der Waals surface area contributed by atoms with Crippen LogP contribution in [0.1, 0.15) is 10.6 Å². The lowest BCUT2D eigenvalue weighted by Crippen LogP contribution is -1.67. The molecule has 0 bridgehead atoms. The number of hydrogen-bond acceptors (Lipinski definition) is 3. The first kappa shape index (κ1) is 9.36. The van der Waals surface area contributed by atoms with E-state index in [0.29, 0.717) is 5.76 Å². The second-order valence-corrected chi connectivity index (χ2v) is 4.55. The summed E-state index contributed by atoms with van der Waals surface area (Å²) in [7, 11) is 0. The van der Waals surface area contributed by atoms with Gasteiger partial charge < -0.3 is 4.42 Å². The molecule has 0 unspecified atom stereocenters. The minimum atomic E-state index is 0.368. The predicted molar refractivity (Wildman–Crippen MR) is 64.9 cm³/mol. The third kappa shape index (κ3) is 1.46. The number of hydrogen-bond donors (Lipinski definition) is 0. The minimum Gasteiger partial charge on any atom is -0.452 e. The monoisotopic (exact) mass is 228 g/mol. The zero-order valence-electron chi connectivity index (χ0n) is 8.34. The molecule has 16 heavy (non-hydrogen) atoms. The minimum absolute atomic E-state index is 0.368. The number of furan rings is 1. The van der Waals surface area contributed by atoms with Gasteiger partial charge in [0.2, 0.25) is 0 Å². The van der Waals surface area contributed by atoms with Crippen LogP contribution < -0.4 is 0 Å². The van der Waals surface area contributed by atoms with Gasteiger partial charge in [0.25, 0.3) is 0 Å². The van der Waals surface area contributed by atoms with Gasteiger partial charge in [0.15, 0.2) is 12.0 Å². The van der Waals surface area contributed by atoms with Crippen molar-refractivity contribution in [3.05, 3.63) is 48.2 Å². The fourth-order valence-electron chi connectivity index (χ4n) is 1.65. The molecule has 0 N–H and O–H groups in total. The molecule has 3 heteroatoms. The van der Waals surface area contributed by atoms with E-state index in [1.807, 2.05) is 18.2 Å². The Morgan fingerprint density at radius 2 is 2.00 bits per heavy atom. The Morgan fingerprint density at radius 3 is 2.75 bits per heavy atom. The molecule has 0 aliphatic heterocycles. The van der Waals surface area contributed by atoms with E-state index in [1.165, 1.54) is 10.1 Å². The molecule has 0 aliphatic rings. The van der Waals surface area contributed by atoms with Gasteiger partial charge in [-0.05, 0) is 29.7 Å². The third-order valence-electron chi connectivity index (χ3n) is 2.41. The highest BCUT2D eigenvalue weighted by Gasteiger charge is 2.07. The topological polar surface area (TPSA) is 30.2 Å². The first-order chi connectivity index (χ1) is 7.86. The van der Waals surface area contributed by atoms with Gasteiger partial charge in [-0.2, -0.15) is 0 Å². The second kappa shape index (κ2) is 3.61. The summed E-state index contributed by atoms with van der Waals surface area (Å²) in [6.45, 7) is 0. The highest BCUT2D eigenvalue weighted by Crippen LogP contribution is 2.33. The van der Waals surface area contributed by atoms with E-state index >= 15 is 0 Å². The molecule has 0 radical (unpaired) electrons. The molecular weight excluding hydrogens is 220 g/mol. The van der Waals surface area contributed by atoms with Gasteiger partial charge in [0.1, 0.15) is 5.76 Å². The number of carbonyl (C=O) groups is 1. The summed E-state index contributed by atoms with van der Waals surface area (Å²) in [5.74, 6) is 1.12. The molecule has 0 atom stereocenters. The summed E-state index contributed by atoms with van der Waals surface area (Å²) in [6.07, 6.45) is 0.719. The zero-order chi connectivity index (χ0) is 11.0. The van der Waals surface area contributed by atoms with Crippen molar-refractivity contribution >= 4 is 27.7 Å². The molecule has 3 aromatic rings. The zero-order valence-corrected chi connectivity index (χ0v) is 9.16. The maximum Gasteiger partial charge on any atom is 0.185 e. The number of carbonyl (C=O) groups excluding carboxylic acids is 1. The average molecular weight is 228 g/mol. The molecule has 3 rings (SSSR count). The van der Waals surface area contributed by atoms with Crippen LogP contribution in [0.2, 0.25) is 0 Å². The summed E-state index contributed by atoms with van der Waals surface area (Å²) >= 11 is 1.66. The van der Waals surface area contributed by atoms with Crippen LogP contribution >= 0.6 is 11.3 Å².